The van der Waals surface area contributed by atoms with E-state index in [-0.39, 0.29) is 0 Å². The van der Waals surface area contributed by atoms with Gasteiger partial charge in [0.25, 0.3) is 0 Å². The number of nitrogens with two attached hydrogens (primary N) is 1. The van der Waals surface area contributed by atoms with Crippen LogP contribution in [0.5, 0.6) is 0 Å². The molecule has 0 bridgehead atoms. The first kappa shape index (κ1) is 14.3. The zero-order chi connectivity index (χ0) is 13.0. The maximum Gasteiger partial charge on any atom is 0.0121 e. The third-order valence-electron chi connectivity index (χ3n) is 4.60. The van der Waals surface area contributed by atoms with E-state index in [1.165, 1.54) is 52.1 Å². The molecule has 0 aromatic carbocycles. The van der Waals surface area contributed by atoms with Crippen LogP contribution in [-0.4, -0.2) is 79.1 Å². The molecular formula is C14H30N4. The lowest BCUT2D eigenvalue weighted by Crippen LogP contribution is -2.54. The fourth-order valence-electron chi connectivity index (χ4n) is 3.30. The van der Waals surface area contributed by atoms with E-state index in [0.717, 1.165) is 19.1 Å². The second-order valence-corrected chi connectivity index (χ2v) is 6.03. The minimum atomic E-state index is 0.715. The van der Waals surface area contributed by atoms with Gasteiger partial charge >= 0.3 is 0 Å². The van der Waals surface area contributed by atoms with Gasteiger partial charge in [-0.3, -0.25) is 9.80 Å². The van der Waals surface area contributed by atoms with E-state index < -0.39 is 0 Å². The normalized spacial score (nSPS) is 26.0. The van der Waals surface area contributed by atoms with Crippen molar-refractivity contribution in [3.63, 3.8) is 0 Å². The van der Waals surface area contributed by atoms with Crippen molar-refractivity contribution in [2.45, 2.75) is 38.8 Å². The first-order valence-corrected chi connectivity index (χ1v) is 7.61. The molecule has 0 amide bonds. The maximum atomic E-state index is 5.62. The van der Waals surface area contributed by atoms with Crippen LogP contribution in [0.4, 0.5) is 0 Å². The van der Waals surface area contributed by atoms with Crippen molar-refractivity contribution in [1.82, 2.24) is 14.7 Å². The molecule has 0 unspecified atom stereocenters. The van der Waals surface area contributed by atoms with Crippen LogP contribution in [0.2, 0.25) is 0 Å². The Labute approximate surface area is 112 Å². The third-order valence-corrected chi connectivity index (χ3v) is 4.60. The van der Waals surface area contributed by atoms with Crippen LogP contribution in [0.25, 0.3) is 0 Å². The molecule has 0 aliphatic carbocycles. The Morgan fingerprint density at radius 3 is 2.11 bits per heavy atom. The van der Waals surface area contributed by atoms with Crippen molar-refractivity contribution in [2.75, 3.05) is 52.4 Å². The highest BCUT2D eigenvalue weighted by molar-refractivity contribution is 4.84. The van der Waals surface area contributed by atoms with Crippen molar-refractivity contribution >= 4 is 0 Å². The van der Waals surface area contributed by atoms with Gasteiger partial charge in [-0.15, -0.1) is 0 Å². The van der Waals surface area contributed by atoms with Crippen molar-refractivity contribution in [2.24, 2.45) is 5.73 Å². The van der Waals surface area contributed by atoms with Crippen molar-refractivity contribution in [3.8, 4) is 0 Å². The minimum absolute atomic E-state index is 0.715. The highest BCUT2D eigenvalue weighted by Crippen LogP contribution is 2.19. The first-order chi connectivity index (χ1) is 8.70. The lowest BCUT2D eigenvalue weighted by molar-refractivity contribution is 0.0528. The van der Waals surface area contributed by atoms with Crippen LogP contribution in [0, 0.1) is 0 Å². The van der Waals surface area contributed by atoms with Gasteiger partial charge in [-0.1, -0.05) is 0 Å². The number of hydrogen-bond donors (Lipinski definition) is 1. The van der Waals surface area contributed by atoms with Gasteiger partial charge in [-0.2, -0.15) is 0 Å². The standard InChI is InChI=1S/C14H30N4/c1-13(2)17-6-3-14(4-7-17)18-11-9-16(8-5-15)10-12-18/h13-14H,3-12,15H2,1-2H3. The quantitative estimate of drug-likeness (QED) is 0.789. The van der Waals surface area contributed by atoms with E-state index >= 15 is 0 Å². The molecule has 2 fully saturated rings. The zero-order valence-corrected chi connectivity index (χ0v) is 12.1. The second-order valence-electron chi connectivity index (χ2n) is 6.03. The van der Waals surface area contributed by atoms with Crippen molar-refractivity contribution < 1.29 is 0 Å². The number of hydrogen-bond acceptors (Lipinski definition) is 4. The molecule has 0 radical (unpaired) electrons. The predicted octanol–water partition coefficient (Wildman–Crippen LogP) is 0.436. The molecule has 0 aromatic heterocycles. The molecule has 106 valence electrons. The summed E-state index contributed by atoms with van der Waals surface area (Å²) >= 11 is 0. The fourth-order valence-corrected chi connectivity index (χ4v) is 3.30. The van der Waals surface area contributed by atoms with E-state index in [2.05, 4.69) is 28.5 Å². The lowest BCUT2D eigenvalue weighted by Gasteiger charge is -2.43. The number of rotatable bonds is 4. The molecule has 0 atom stereocenters. The molecule has 2 aliphatic rings. The summed E-state index contributed by atoms with van der Waals surface area (Å²) in [6, 6.07) is 1.55. The van der Waals surface area contributed by atoms with E-state index in [4.69, 9.17) is 5.73 Å². The van der Waals surface area contributed by atoms with E-state index in [0.29, 0.717) is 6.04 Å². The van der Waals surface area contributed by atoms with E-state index in [1.54, 1.807) is 0 Å². The topological polar surface area (TPSA) is 35.7 Å². The van der Waals surface area contributed by atoms with Crippen LogP contribution in [0.1, 0.15) is 26.7 Å². The highest BCUT2D eigenvalue weighted by atomic mass is 15.3. The summed E-state index contributed by atoms with van der Waals surface area (Å²) in [7, 11) is 0. The van der Waals surface area contributed by atoms with Gasteiger partial charge in [-0.05, 0) is 39.8 Å². The van der Waals surface area contributed by atoms with Gasteiger partial charge in [0.1, 0.15) is 0 Å². The molecule has 2 N–H and O–H groups in total. The molecule has 2 aliphatic heterocycles. The van der Waals surface area contributed by atoms with Gasteiger partial charge in [0, 0.05) is 51.4 Å². The maximum absolute atomic E-state index is 5.62. The molecule has 2 saturated heterocycles. The fraction of sp³-hybridized carbons (Fsp3) is 1.00. The molecule has 4 nitrogen and oxygen atoms in total. The van der Waals surface area contributed by atoms with Crippen LogP contribution in [0.3, 0.4) is 0 Å². The van der Waals surface area contributed by atoms with Crippen LogP contribution in [-0.2, 0) is 0 Å². The number of piperidine rings is 1. The van der Waals surface area contributed by atoms with Crippen molar-refractivity contribution in [3.05, 3.63) is 0 Å². The Morgan fingerprint density at radius 1 is 1.00 bits per heavy atom. The van der Waals surface area contributed by atoms with Gasteiger partial charge in [0.2, 0.25) is 0 Å². The zero-order valence-electron chi connectivity index (χ0n) is 12.1. The Hall–Kier alpha value is -0.160. The van der Waals surface area contributed by atoms with Gasteiger partial charge in [0.15, 0.2) is 0 Å². The molecule has 0 spiro atoms. The molecule has 2 rings (SSSR count). The molecule has 2 heterocycles. The summed E-state index contributed by atoms with van der Waals surface area (Å²) in [4.78, 5) is 7.83. The lowest BCUT2D eigenvalue weighted by atomic mass is 10.0. The summed E-state index contributed by atoms with van der Waals surface area (Å²) in [5.41, 5.74) is 5.62. The SMILES string of the molecule is CC(C)N1CCC(N2CCN(CCN)CC2)CC1. The Morgan fingerprint density at radius 2 is 1.61 bits per heavy atom. The molecule has 18 heavy (non-hydrogen) atoms. The van der Waals surface area contributed by atoms with Crippen LogP contribution < -0.4 is 5.73 Å². The average Bonchev–Trinajstić information content (AvgIpc) is 2.40. The van der Waals surface area contributed by atoms with Crippen molar-refractivity contribution in [1.29, 1.82) is 0 Å². The average molecular weight is 254 g/mol. The second kappa shape index (κ2) is 6.85. The summed E-state index contributed by atoms with van der Waals surface area (Å²) < 4.78 is 0. The Bertz CT molecular complexity index is 228. The van der Waals surface area contributed by atoms with E-state index in [1.807, 2.05) is 0 Å². The summed E-state index contributed by atoms with van der Waals surface area (Å²) in [5.74, 6) is 0. The number of nitrogens with zero attached hydrogens (tertiary/aromatic N) is 3. The van der Waals surface area contributed by atoms with Gasteiger partial charge in [0.05, 0.1) is 0 Å². The summed E-state index contributed by atoms with van der Waals surface area (Å²) in [6.45, 7) is 14.0. The minimum Gasteiger partial charge on any atom is -0.329 e. The monoisotopic (exact) mass is 254 g/mol. The van der Waals surface area contributed by atoms with Gasteiger partial charge in [-0.25, -0.2) is 0 Å². The van der Waals surface area contributed by atoms with Crippen LogP contribution in [0.15, 0.2) is 0 Å². The van der Waals surface area contributed by atoms with Gasteiger partial charge < -0.3 is 10.6 Å². The summed E-state index contributed by atoms with van der Waals surface area (Å²) in [6.07, 6.45) is 2.71. The predicted molar refractivity (Wildman–Crippen MR) is 76.8 cm³/mol. The molecule has 0 aromatic rings. The molecule has 4 heteroatoms. The van der Waals surface area contributed by atoms with Crippen LogP contribution >= 0.6 is 0 Å². The smallest absolute Gasteiger partial charge is 0.0121 e. The first-order valence-electron chi connectivity index (χ1n) is 7.61. The third kappa shape index (κ3) is 3.67. The summed E-state index contributed by atoms with van der Waals surface area (Å²) in [5, 5.41) is 0. The number of likely N-dealkylation sites (tertiary alicyclic amines) is 1. The molecule has 0 saturated carbocycles. The Kier molecular flexibility index (Phi) is 5.42. The van der Waals surface area contributed by atoms with E-state index in [9.17, 15) is 0 Å². The Balaban J connectivity index is 1.71. The molecular weight excluding hydrogens is 224 g/mol. The number of piperazine rings is 1. The largest absolute Gasteiger partial charge is 0.329 e. The highest BCUT2D eigenvalue weighted by Gasteiger charge is 2.27.